The normalized spacial score (nSPS) is 10.7. The van der Waals surface area contributed by atoms with Crippen molar-refractivity contribution in [1.29, 1.82) is 0 Å². The van der Waals surface area contributed by atoms with E-state index in [1.807, 2.05) is 13.8 Å². The predicted octanol–water partition coefficient (Wildman–Crippen LogP) is 3.55. The van der Waals surface area contributed by atoms with Crippen molar-refractivity contribution in [3.05, 3.63) is 17.5 Å². The molecular weight excluding hydrogens is 222 g/mol. The van der Waals surface area contributed by atoms with Gasteiger partial charge in [-0.05, 0) is 45.0 Å². The second-order valence-corrected chi connectivity index (χ2v) is 4.96. The molecule has 3 heteroatoms. The summed E-state index contributed by atoms with van der Waals surface area (Å²) < 4.78 is 2.11. The molecule has 0 unspecified atom stereocenters. The Bertz CT molecular complexity index is 314. The first-order valence-corrected chi connectivity index (χ1v) is 7.25. The molecule has 0 saturated heterocycles. The highest BCUT2D eigenvalue weighted by Gasteiger charge is 2.10. The zero-order chi connectivity index (χ0) is 14.1. The standard InChI is InChI=1S/C13H25N3.C2H6/c1-6-13-12(11(2)3)10-16(14-13)9-7-8-15(4)5;1-2/h10-11H,6-9H2,1-5H3;1-2H3. The average molecular weight is 253 g/mol. The van der Waals surface area contributed by atoms with Gasteiger partial charge in [-0.25, -0.2) is 0 Å². The van der Waals surface area contributed by atoms with Crippen LogP contribution >= 0.6 is 0 Å². The lowest BCUT2D eigenvalue weighted by Crippen LogP contribution is -2.15. The summed E-state index contributed by atoms with van der Waals surface area (Å²) in [5.74, 6) is 0.581. The van der Waals surface area contributed by atoms with Crippen LogP contribution in [0, 0.1) is 0 Å². The van der Waals surface area contributed by atoms with E-state index in [-0.39, 0.29) is 0 Å². The maximum Gasteiger partial charge on any atom is 0.0656 e. The van der Waals surface area contributed by atoms with Gasteiger partial charge < -0.3 is 4.90 Å². The van der Waals surface area contributed by atoms with E-state index in [2.05, 4.69) is 55.7 Å². The van der Waals surface area contributed by atoms with Gasteiger partial charge in [-0.15, -0.1) is 0 Å². The van der Waals surface area contributed by atoms with Crippen LogP contribution in [0.3, 0.4) is 0 Å². The largest absolute Gasteiger partial charge is 0.309 e. The molecule has 0 bridgehead atoms. The van der Waals surface area contributed by atoms with Crippen molar-refractivity contribution < 1.29 is 0 Å². The van der Waals surface area contributed by atoms with Gasteiger partial charge in [0.1, 0.15) is 0 Å². The molecule has 1 aromatic heterocycles. The number of rotatable bonds is 6. The van der Waals surface area contributed by atoms with E-state index in [9.17, 15) is 0 Å². The molecule has 0 amide bonds. The molecule has 0 N–H and O–H groups in total. The molecule has 0 atom stereocenters. The highest BCUT2D eigenvalue weighted by molar-refractivity contribution is 5.20. The molecule has 0 radical (unpaired) electrons. The first-order chi connectivity index (χ1) is 8.54. The summed E-state index contributed by atoms with van der Waals surface area (Å²) in [6.07, 6.45) is 4.42. The minimum absolute atomic E-state index is 0.581. The van der Waals surface area contributed by atoms with Crippen LogP contribution in [0.2, 0.25) is 0 Å². The Kier molecular flexibility index (Phi) is 8.73. The monoisotopic (exact) mass is 253 g/mol. The second-order valence-electron chi connectivity index (χ2n) is 4.96. The van der Waals surface area contributed by atoms with E-state index in [0.29, 0.717) is 5.92 Å². The van der Waals surface area contributed by atoms with Crippen molar-refractivity contribution in [3.63, 3.8) is 0 Å². The first-order valence-electron chi connectivity index (χ1n) is 7.25. The van der Waals surface area contributed by atoms with Crippen LogP contribution in [-0.2, 0) is 13.0 Å². The summed E-state index contributed by atoms with van der Waals surface area (Å²) >= 11 is 0. The van der Waals surface area contributed by atoms with E-state index < -0.39 is 0 Å². The minimum atomic E-state index is 0.581. The zero-order valence-electron chi connectivity index (χ0n) is 13.3. The van der Waals surface area contributed by atoms with Crippen LogP contribution in [0.4, 0.5) is 0 Å². The van der Waals surface area contributed by atoms with Gasteiger partial charge >= 0.3 is 0 Å². The van der Waals surface area contributed by atoms with E-state index in [0.717, 1.165) is 25.9 Å². The smallest absolute Gasteiger partial charge is 0.0656 e. The fourth-order valence-electron chi connectivity index (χ4n) is 1.90. The maximum atomic E-state index is 4.64. The predicted molar refractivity (Wildman–Crippen MR) is 80.2 cm³/mol. The second kappa shape index (κ2) is 9.15. The Labute approximate surface area is 113 Å². The van der Waals surface area contributed by atoms with Crippen LogP contribution < -0.4 is 0 Å². The summed E-state index contributed by atoms with van der Waals surface area (Å²) in [5.41, 5.74) is 2.67. The topological polar surface area (TPSA) is 21.1 Å². The lowest BCUT2D eigenvalue weighted by atomic mass is 10.0. The highest BCUT2D eigenvalue weighted by atomic mass is 15.3. The third-order valence-electron chi connectivity index (χ3n) is 2.82. The Hall–Kier alpha value is -0.830. The number of aryl methyl sites for hydroxylation is 2. The van der Waals surface area contributed by atoms with Gasteiger partial charge in [0.2, 0.25) is 0 Å². The van der Waals surface area contributed by atoms with Crippen molar-refractivity contribution in [3.8, 4) is 0 Å². The van der Waals surface area contributed by atoms with Gasteiger partial charge in [-0.2, -0.15) is 5.10 Å². The molecule has 0 spiro atoms. The number of nitrogens with zero attached hydrogens (tertiary/aromatic N) is 3. The molecule has 0 aliphatic carbocycles. The molecule has 3 nitrogen and oxygen atoms in total. The van der Waals surface area contributed by atoms with E-state index in [1.54, 1.807) is 0 Å². The van der Waals surface area contributed by atoms with Crippen molar-refractivity contribution in [2.24, 2.45) is 0 Å². The SMILES string of the molecule is CC.CCc1nn(CCCN(C)C)cc1C(C)C. The first kappa shape index (κ1) is 17.2. The van der Waals surface area contributed by atoms with Crippen LogP contribution in [0.15, 0.2) is 6.20 Å². The lowest BCUT2D eigenvalue weighted by Gasteiger charge is -2.08. The zero-order valence-corrected chi connectivity index (χ0v) is 13.3. The quantitative estimate of drug-likeness (QED) is 0.773. The Morgan fingerprint density at radius 2 is 1.89 bits per heavy atom. The molecule has 1 aromatic rings. The molecule has 0 saturated carbocycles. The van der Waals surface area contributed by atoms with E-state index in [1.165, 1.54) is 11.3 Å². The summed E-state index contributed by atoms with van der Waals surface area (Å²) in [6, 6.07) is 0. The number of hydrogen-bond donors (Lipinski definition) is 0. The molecule has 1 heterocycles. The van der Waals surface area contributed by atoms with Gasteiger partial charge in [0.05, 0.1) is 5.69 Å². The molecule has 0 aromatic carbocycles. The van der Waals surface area contributed by atoms with Crippen LogP contribution in [-0.4, -0.2) is 35.3 Å². The Morgan fingerprint density at radius 3 is 2.28 bits per heavy atom. The van der Waals surface area contributed by atoms with Gasteiger partial charge in [0.15, 0.2) is 0 Å². The summed E-state index contributed by atoms with van der Waals surface area (Å²) in [7, 11) is 4.22. The highest BCUT2D eigenvalue weighted by Crippen LogP contribution is 2.18. The molecular formula is C15H31N3. The maximum absolute atomic E-state index is 4.64. The third kappa shape index (κ3) is 5.67. The van der Waals surface area contributed by atoms with Gasteiger partial charge in [0, 0.05) is 12.7 Å². The molecule has 0 aliphatic heterocycles. The van der Waals surface area contributed by atoms with Gasteiger partial charge in [-0.3, -0.25) is 4.68 Å². The van der Waals surface area contributed by atoms with Crippen molar-refractivity contribution in [1.82, 2.24) is 14.7 Å². The van der Waals surface area contributed by atoms with Crippen molar-refractivity contribution in [2.75, 3.05) is 20.6 Å². The van der Waals surface area contributed by atoms with E-state index in [4.69, 9.17) is 0 Å². The van der Waals surface area contributed by atoms with Crippen LogP contribution in [0.5, 0.6) is 0 Å². The summed E-state index contributed by atoms with van der Waals surface area (Å²) in [4.78, 5) is 2.22. The lowest BCUT2D eigenvalue weighted by molar-refractivity contribution is 0.380. The van der Waals surface area contributed by atoms with E-state index >= 15 is 0 Å². The number of hydrogen-bond acceptors (Lipinski definition) is 2. The third-order valence-corrected chi connectivity index (χ3v) is 2.82. The Morgan fingerprint density at radius 1 is 1.28 bits per heavy atom. The number of aromatic nitrogens is 2. The van der Waals surface area contributed by atoms with Gasteiger partial charge in [0.25, 0.3) is 0 Å². The van der Waals surface area contributed by atoms with Crippen LogP contribution in [0.1, 0.15) is 58.2 Å². The average Bonchev–Trinajstić information content (AvgIpc) is 2.74. The van der Waals surface area contributed by atoms with Crippen molar-refractivity contribution in [2.45, 2.75) is 59.9 Å². The fraction of sp³-hybridized carbons (Fsp3) is 0.800. The minimum Gasteiger partial charge on any atom is -0.309 e. The fourth-order valence-corrected chi connectivity index (χ4v) is 1.90. The molecule has 106 valence electrons. The molecule has 0 fully saturated rings. The van der Waals surface area contributed by atoms with Gasteiger partial charge in [-0.1, -0.05) is 34.6 Å². The van der Waals surface area contributed by atoms with Crippen LogP contribution in [0.25, 0.3) is 0 Å². The molecule has 0 aliphatic rings. The summed E-state index contributed by atoms with van der Waals surface area (Å²) in [5, 5.41) is 4.64. The molecule has 1 rings (SSSR count). The Balaban J connectivity index is 0.00000137. The molecule has 18 heavy (non-hydrogen) atoms. The summed E-state index contributed by atoms with van der Waals surface area (Å²) in [6.45, 7) is 12.8. The van der Waals surface area contributed by atoms with Crippen molar-refractivity contribution >= 4 is 0 Å².